The molecule has 1 aromatic heterocycles. The van der Waals surface area contributed by atoms with Crippen LogP contribution in [0.25, 0.3) is 11.3 Å². The Balaban J connectivity index is 2.11. The zero-order valence-electron chi connectivity index (χ0n) is 14.0. The Morgan fingerprint density at radius 2 is 2.00 bits per heavy atom. The molecule has 1 saturated carbocycles. The highest BCUT2D eigenvalue weighted by Crippen LogP contribution is 2.36. The highest BCUT2D eigenvalue weighted by Gasteiger charge is 2.35. The number of carboxylic acid groups (broad SMARTS) is 1. The summed E-state index contributed by atoms with van der Waals surface area (Å²) in [5.74, 6) is -0.962. The van der Waals surface area contributed by atoms with Gasteiger partial charge in [0.15, 0.2) is 5.82 Å². The van der Waals surface area contributed by atoms with Crippen LogP contribution in [-0.2, 0) is 11.0 Å². The first-order valence-corrected chi connectivity index (χ1v) is 8.19. The lowest BCUT2D eigenvalue weighted by molar-refractivity contribution is -0.137. The van der Waals surface area contributed by atoms with E-state index in [4.69, 9.17) is 0 Å². The van der Waals surface area contributed by atoms with Crippen molar-refractivity contribution < 1.29 is 23.1 Å². The van der Waals surface area contributed by atoms with Crippen molar-refractivity contribution in [2.75, 3.05) is 0 Å². The van der Waals surface area contributed by atoms with E-state index in [-0.39, 0.29) is 28.6 Å². The molecule has 6 nitrogen and oxygen atoms in total. The van der Waals surface area contributed by atoms with E-state index in [9.17, 15) is 23.1 Å². The molecule has 0 aliphatic heterocycles. The number of alkyl halides is 3. The molecule has 1 N–H and O–H groups in total. The molecule has 1 aliphatic rings. The van der Waals surface area contributed by atoms with E-state index in [0.717, 1.165) is 36.4 Å². The lowest BCUT2D eigenvalue weighted by Gasteiger charge is -2.15. The van der Waals surface area contributed by atoms with Gasteiger partial charge in [-0.3, -0.25) is 0 Å². The summed E-state index contributed by atoms with van der Waals surface area (Å²) in [7, 11) is 0. The van der Waals surface area contributed by atoms with Crippen LogP contribution in [0.3, 0.4) is 0 Å². The molecule has 0 atom stereocenters. The fraction of sp³-hybridized carbons (Fsp3) is 0.412. The molecular formula is C17H17F3N4O2. The second-order valence-corrected chi connectivity index (χ2v) is 6.30. The van der Waals surface area contributed by atoms with Gasteiger partial charge in [-0.1, -0.05) is 25.0 Å². The lowest BCUT2D eigenvalue weighted by atomic mass is 9.96. The monoisotopic (exact) mass is 366 g/mol. The summed E-state index contributed by atoms with van der Waals surface area (Å²) in [4.78, 5) is 11.6. The van der Waals surface area contributed by atoms with Crippen LogP contribution >= 0.6 is 0 Å². The van der Waals surface area contributed by atoms with Gasteiger partial charge in [-0.05, 0) is 53.8 Å². The van der Waals surface area contributed by atoms with Gasteiger partial charge in [0.05, 0.1) is 16.8 Å². The summed E-state index contributed by atoms with van der Waals surface area (Å²) in [6.07, 6.45) is 0.599. The number of nitrogens with zero attached hydrogens (tertiary/aromatic N) is 4. The van der Waals surface area contributed by atoms with Crippen LogP contribution < -0.4 is 0 Å². The van der Waals surface area contributed by atoms with Crippen molar-refractivity contribution in [3.63, 3.8) is 0 Å². The molecule has 2 aromatic rings. The summed E-state index contributed by atoms with van der Waals surface area (Å²) in [5, 5.41) is 20.0. The number of benzene rings is 1. The first kappa shape index (κ1) is 18.1. The maximum atomic E-state index is 13.6. The Bertz CT molecular complexity index is 852. The fourth-order valence-electron chi connectivity index (χ4n) is 3.22. The third-order valence-electron chi connectivity index (χ3n) is 4.50. The second kappa shape index (κ2) is 6.89. The molecule has 1 aliphatic carbocycles. The van der Waals surface area contributed by atoms with E-state index in [1.165, 1.54) is 19.1 Å². The Kier molecular flexibility index (Phi) is 4.80. The van der Waals surface area contributed by atoms with Gasteiger partial charge < -0.3 is 5.11 Å². The second-order valence-electron chi connectivity index (χ2n) is 6.30. The average Bonchev–Trinajstić information content (AvgIpc) is 3.22. The number of carbonyl (C=O) groups is 1. The molecule has 3 rings (SSSR count). The quantitative estimate of drug-likeness (QED) is 0.836. The summed E-state index contributed by atoms with van der Waals surface area (Å²) in [5.41, 5.74) is -1.31. The van der Waals surface area contributed by atoms with E-state index >= 15 is 0 Å². The number of hydrogen-bond acceptors (Lipinski definition) is 4. The number of aryl methyl sites for hydroxylation is 1. The Labute approximate surface area is 147 Å². The molecule has 1 fully saturated rings. The predicted octanol–water partition coefficient (Wildman–Crippen LogP) is 3.65. The first-order chi connectivity index (χ1) is 12.3. The maximum absolute atomic E-state index is 13.6. The minimum atomic E-state index is -4.68. The van der Waals surface area contributed by atoms with Crippen molar-refractivity contribution >= 4 is 11.5 Å². The summed E-state index contributed by atoms with van der Waals surface area (Å²) >= 11 is 0. The molecule has 0 bridgehead atoms. The highest BCUT2D eigenvalue weighted by molar-refractivity contribution is 6.15. The number of allylic oxidation sites excluding steroid dienone is 1. The van der Waals surface area contributed by atoms with Crippen LogP contribution in [0.15, 0.2) is 24.3 Å². The molecule has 0 amide bonds. The minimum absolute atomic E-state index is 0.0196. The Morgan fingerprint density at radius 1 is 1.31 bits per heavy atom. The van der Waals surface area contributed by atoms with Crippen molar-refractivity contribution in [1.82, 2.24) is 20.2 Å². The molecule has 1 aromatic carbocycles. The third-order valence-corrected chi connectivity index (χ3v) is 4.50. The molecule has 0 unspecified atom stereocenters. The number of carboxylic acids is 1. The molecular weight excluding hydrogens is 349 g/mol. The first-order valence-electron chi connectivity index (χ1n) is 8.19. The number of halogens is 3. The average molecular weight is 366 g/mol. The van der Waals surface area contributed by atoms with E-state index in [1.54, 1.807) is 6.08 Å². The van der Waals surface area contributed by atoms with Gasteiger partial charge in [0, 0.05) is 0 Å². The van der Waals surface area contributed by atoms with E-state index < -0.39 is 17.7 Å². The van der Waals surface area contributed by atoms with Gasteiger partial charge in [0.2, 0.25) is 0 Å². The van der Waals surface area contributed by atoms with Crippen LogP contribution in [0, 0.1) is 12.8 Å². The van der Waals surface area contributed by atoms with Crippen molar-refractivity contribution in [3.05, 3.63) is 41.2 Å². The lowest BCUT2D eigenvalue weighted by Crippen LogP contribution is -2.14. The summed E-state index contributed by atoms with van der Waals surface area (Å²) in [6.45, 7) is 1.48. The van der Waals surface area contributed by atoms with Crippen molar-refractivity contribution in [3.8, 4) is 5.69 Å². The van der Waals surface area contributed by atoms with E-state index in [1.807, 2.05) is 0 Å². The number of aliphatic carboxylic acids is 1. The molecule has 138 valence electrons. The summed E-state index contributed by atoms with van der Waals surface area (Å²) in [6, 6.07) is 3.42. The van der Waals surface area contributed by atoms with Crippen LogP contribution in [0.4, 0.5) is 13.2 Å². The maximum Gasteiger partial charge on any atom is 0.418 e. The standard InChI is InChI=1S/C17H17F3N4O2/c1-10-21-22-23-24(10)15-7-6-12(9-14(15)17(18,19)20)13(16(25)26)8-11-4-2-3-5-11/h6-9,11H,2-5H2,1H3,(H,25,26)/b13-8+. The van der Waals surface area contributed by atoms with Crippen molar-refractivity contribution in [2.24, 2.45) is 5.92 Å². The van der Waals surface area contributed by atoms with E-state index in [0.29, 0.717) is 0 Å². The SMILES string of the molecule is Cc1nnnn1-c1ccc(/C(=C\C2CCCC2)C(=O)O)cc1C(F)(F)F. The van der Waals surface area contributed by atoms with Crippen molar-refractivity contribution in [2.45, 2.75) is 38.8 Å². The van der Waals surface area contributed by atoms with Crippen LogP contribution in [-0.4, -0.2) is 31.3 Å². The molecule has 9 heteroatoms. The number of rotatable bonds is 4. The van der Waals surface area contributed by atoms with Gasteiger partial charge in [0.25, 0.3) is 0 Å². The molecule has 0 radical (unpaired) electrons. The topological polar surface area (TPSA) is 80.9 Å². The van der Waals surface area contributed by atoms with Crippen LogP contribution in [0.2, 0.25) is 0 Å². The van der Waals surface area contributed by atoms with Crippen LogP contribution in [0.1, 0.15) is 42.6 Å². The number of hydrogen-bond donors (Lipinski definition) is 1. The zero-order valence-corrected chi connectivity index (χ0v) is 14.0. The third kappa shape index (κ3) is 3.61. The molecule has 0 saturated heterocycles. The van der Waals surface area contributed by atoms with Gasteiger partial charge in [-0.25, -0.2) is 4.79 Å². The van der Waals surface area contributed by atoms with E-state index in [2.05, 4.69) is 15.5 Å². The molecule has 26 heavy (non-hydrogen) atoms. The van der Waals surface area contributed by atoms with Crippen molar-refractivity contribution in [1.29, 1.82) is 0 Å². The van der Waals surface area contributed by atoms with Gasteiger partial charge in [-0.15, -0.1) is 5.10 Å². The fourth-order valence-corrected chi connectivity index (χ4v) is 3.22. The number of tetrazole rings is 1. The minimum Gasteiger partial charge on any atom is -0.478 e. The van der Waals surface area contributed by atoms with Gasteiger partial charge in [-0.2, -0.15) is 17.9 Å². The highest BCUT2D eigenvalue weighted by atomic mass is 19.4. The summed E-state index contributed by atoms with van der Waals surface area (Å²) < 4.78 is 41.7. The largest absolute Gasteiger partial charge is 0.478 e. The van der Waals surface area contributed by atoms with Crippen LogP contribution in [0.5, 0.6) is 0 Å². The smallest absolute Gasteiger partial charge is 0.418 e. The zero-order chi connectivity index (χ0) is 18.9. The van der Waals surface area contributed by atoms with Gasteiger partial charge in [0.1, 0.15) is 0 Å². The Morgan fingerprint density at radius 3 is 2.54 bits per heavy atom. The van der Waals surface area contributed by atoms with Gasteiger partial charge >= 0.3 is 12.1 Å². The normalized spacial score (nSPS) is 16.2. The molecule has 0 spiro atoms. The number of aromatic nitrogens is 4. The molecule has 1 heterocycles. The predicted molar refractivity (Wildman–Crippen MR) is 86.5 cm³/mol. The Hall–Kier alpha value is -2.71.